The van der Waals surface area contributed by atoms with Gasteiger partial charge < -0.3 is 9.47 Å². The fourth-order valence-corrected chi connectivity index (χ4v) is 2.43. The first-order chi connectivity index (χ1) is 9.81. The van der Waals surface area contributed by atoms with Crippen molar-refractivity contribution in [1.29, 1.82) is 0 Å². The Bertz CT molecular complexity index is 547. The molecule has 1 atom stereocenters. The second kappa shape index (κ2) is 6.29. The van der Waals surface area contributed by atoms with E-state index < -0.39 is 0 Å². The van der Waals surface area contributed by atoms with Gasteiger partial charge in [-0.3, -0.25) is 0 Å². The largest absolute Gasteiger partial charge is 0.493 e. The Balaban J connectivity index is 1.58. The van der Waals surface area contributed by atoms with Gasteiger partial charge in [0, 0.05) is 18.7 Å². The maximum atomic E-state index is 5.86. The molecule has 20 heavy (non-hydrogen) atoms. The summed E-state index contributed by atoms with van der Waals surface area (Å²) in [6.07, 6.45) is 5.71. The van der Waals surface area contributed by atoms with Crippen molar-refractivity contribution in [2.24, 2.45) is 5.92 Å². The van der Waals surface area contributed by atoms with Crippen molar-refractivity contribution in [3.05, 3.63) is 41.7 Å². The maximum absolute atomic E-state index is 5.86. The standard InChI is InChI=1S/C15H17ClN2O2/c16-13-8-17-18(9-13)14-3-5-15(6-4-14)20-11-12-2-1-7-19-10-12/h3-6,8-9,12H,1-2,7,10-11H2. The lowest BCUT2D eigenvalue weighted by Gasteiger charge is -2.22. The molecule has 0 radical (unpaired) electrons. The molecule has 0 aliphatic carbocycles. The average Bonchev–Trinajstić information content (AvgIpc) is 2.93. The Morgan fingerprint density at radius 3 is 2.85 bits per heavy atom. The lowest BCUT2D eigenvalue weighted by Crippen LogP contribution is -2.23. The number of nitrogens with zero attached hydrogens (tertiary/aromatic N) is 2. The monoisotopic (exact) mass is 292 g/mol. The van der Waals surface area contributed by atoms with E-state index in [4.69, 9.17) is 21.1 Å². The summed E-state index contributed by atoms with van der Waals surface area (Å²) < 4.78 is 13.0. The third-order valence-electron chi connectivity index (χ3n) is 3.39. The predicted molar refractivity (Wildman–Crippen MR) is 77.6 cm³/mol. The normalized spacial score (nSPS) is 18.9. The van der Waals surface area contributed by atoms with E-state index in [1.54, 1.807) is 17.1 Å². The molecule has 0 bridgehead atoms. The Morgan fingerprint density at radius 1 is 1.35 bits per heavy atom. The van der Waals surface area contributed by atoms with Gasteiger partial charge in [0.25, 0.3) is 0 Å². The van der Waals surface area contributed by atoms with Crippen LogP contribution in [0.15, 0.2) is 36.7 Å². The molecule has 1 aliphatic rings. The molecule has 5 heteroatoms. The molecule has 2 aromatic rings. The van der Waals surface area contributed by atoms with Crippen molar-refractivity contribution in [2.45, 2.75) is 12.8 Å². The van der Waals surface area contributed by atoms with Gasteiger partial charge in [-0.2, -0.15) is 5.10 Å². The van der Waals surface area contributed by atoms with Crippen LogP contribution in [-0.4, -0.2) is 29.6 Å². The Morgan fingerprint density at radius 2 is 2.20 bits per heavy atom. The molecule has 1 saturated heterocycles. The summed E-state index contributed by atoms with van der Waals surface area (Å²) in [5, 5.41) is 4.79. The third-order valence-corrected chi connectivity index (χ3v) is 3.59. The van der Waals surface area contributed by atoms with Crippen LogP contribution < -0.4 is 4.74 Å². The summed E-state index contributed by atoms with van der Waals surface area (Å²) in [5.41, 5.74) is 0.963. The molecule has 0 N–H and O–H groups in total. The molecule has 106 valence electrons. The highest BCUT2D eigenvalue weighted by atomic mass is 35.5. The highest BCUT2D eigenvalue weighted by molar-refractivity contribution is 6.30. The molecule has 0 spiro atoms. The molecule has 3 rings (SSSR count). The van der Waals surface area contributed by atoms with Gasteiger partial charge >= 0.3 is 0 Å². The van der Waals surface area contributed by atoms with Gasteiger partial charge in [-0.25, -0.2) is 4.68 Å². The molecule has 1 fully saturated rings. The van der Waals surface area contributed by atoms with Crippen molar-refractivity contribution in [3.63, 3.8) is 0 Å². The molecular weight excluding hydrogens is 276 g/mol. The fourth-order valence-electron chi connectivity index (χ4n) is 2.29. The van der Waals surface area contributed by atoms with Gasteiger partial charge in [0.2, 0.25) is 0 Å². The minimum absolute atomic E-state index is 0.508. The van der Waals surface area contributed by atoms with Crippen LogP contribution in [0.1, 0.15) is 12.8 Å². The second-order valence-electron chi connectivity index (χ2n) is 4.99. The fraction of sp³-hybridized carbons (Fsp3) is 0.400. The van der Waals surface area contributed by atoms with Crippen molar-refractivity contribution in [3.8, 4) is 11.4 Å². The number of aromatic nitrogens is 2. The molecule has 1 aliphatic heterocycles. The van der Waals surface area contributed by atoms with Crippen LogP contribution in [-0.2, 0) is 4.74 Å². The van der Waals surface area contributed by atoms with Crippen molar-refractivity contribution < 1.29 is 9.47 Å². The van der Waals surface area contributed by atoms with Crippen molar-refractivity contribution in [1.82, 2.24) is 9.78 Å². The van der Waals surface area contributed by atoms with E-state index in [0.717, 1.165) is 31.1 Å². The molecule has 0 saturated carbocycles. The summed E-state index contributed by atoms with van der Waals surface area (Å²) in [7, 11) is 0. The molecule has 1 aromatic carbocycles. The number of hydrogen-bond acceptors (Lipinski definition) is 3. The van der Waals surface area contributed by atoms with Gasteiger partial charge in [-0.1, -0.05) is 11.6 Å². The van der Waals surface area contributed by atoms with Crippen LogP contribution >= 0.6 is 11.6 Å². The van der Waals surface area contributed by atoms with E-state index in [9.17, 15) is 0 Å². The van der Waals surface area contributed by atoms with Crippen LogP contribution in [0, 0.1) is 5.92 Å². The van der Waals surface area contributed by atoms with Crippen LogP contribution in [0.4, 0.5) is 0 Å². The Hall–Kier alpha value is -1.52. The Labute approximate surface area is 123 Å². The SMILES string of the molecule is Clc1cnn(-c2ccc(OCC3CCCOC3)cc2)c1. The second-order valence-corrected chi connectivity index (χ2v) is 5.43. The van der Waals surface area contributed by atoms with Crippen LogP contribution in [0.3, 0.4) is 0 Å². The Kier molecular flexibility index (Phi) is 4.23. The van der Waals surface area contributed by atoms with Crippen LogP contribution in [0.25, 0.3) is 5.69 Å². The average molecular weight is 293 g/mol. The third kappa shape index (κ3) is 3.32. The molecule has 1 unspecified atom stereocenters. The highest BCUT2D eigenvalue weighted by Crippen LogP contribution is 2.19. The van der Waals surface area contributed by atoms with E-state index in [0.29, 0.717) is 17.5 Å². The van der Waals surface area contributed by atoms with Gasteiger partial charge in [0.05, 0.1) is 30.1 Å². The first kappa shape index (κ1) is 13.5. The highest BCUT2D eigenvalue weighted by Gasteiger charge is 2.14. The van der Waals surface area contributed by atoms with E-state index in [2.05, 4.69) is 5.10 Å². The zero-order valence-electron chi connectivity index (χ0n) is 11.2. The lowest BCUT2D eigenvalue weighted by molar-refractivity contribution is 0.0352. The summed E-state index contributed by atoms with van der Waals surface area (Å²) >= 11 is 5.86. The summed E-state index contributed by atoms with van der Waals surface area (Å²) in [4.78, 5) is 0. The number of rotatable bonds is 4. The molecule has 0 amide bonds. The zero-order valence-corrected chi connectivity index (χ0v) is 11.9. The smallest absolute Gasteiger partial charge is 0.119 e. The van der Waals surface area contributed by atoms with E-state index in [-0.39, 0.29) is 0 Å². The van der Waals surface area contributed by atoms with Crippen molar-refractivity contribution >= 4 is 11.6 Å². The predicted octanol–water partition coefficient (Wildman–Crippen LogP) is 3.33. The summed E-state index contributed by atoms with van der Waals surface area (Å²) in [5.74, 6) is 1.38. The van der Waals surface area contributed by atoms with E-state index >= 15 is 0 Å². The topological polar surface area (TPSA) is 36.3 Å². The van der Waals surface area contributed by atoms with E-state index in [1.165, 1.54) is 6.42 Å². The van der Waals surface area contributed by atoms with Gasteiger partial charge in [-0.15, -0.1) is 0 Å². The maximum Gasteiger partial charge on any atom is 0.119 e. The number of benzene rings is 1. The number of ether oxygens (including phenoxy) is 2. The molecular formula is C15H17ClN2O2. The molecule has 2 heterocycles. The number of halogens is 1. The molecule has 4 nitrogen and oxygen atoms in total. The minimum atomic E-state index is 0.508. The van der Waals surface area contributed by atoms with Crippen LogP contribution in [0.2, 0.25) is 5.02 Å². The van der Waals surface area contributed by atoms with Gasteiger partial charge in [0.15, 0.2) is 0 Å². The van der Waals surface area contributed by atoms with Crippen LogP contribution in [0.5, 0.6) is 5.75 Å². The van der Waals surface area contributed by atoms with Crippen molar-refractivity contribution in [2.75, 3.05) is 19.8 Å². The van der Waals surface area contributed by atoms with E-state index in [1.807, 2.05) is 24.3 Å². The molecule has 1 aromatic heterocycles. The first-order valence-electron chi connectivity index (χ1n) is 6.82. The van der Waals surface area contributed by atoms with Gasteiger partial charge in [0.1, 0.15) is 5.75 Å². The summed E-state index contributed by atoms with van der Waals surface area (Å²) in [6.45, 7) is 2.41. The zero-order chi connectivity index (χ0) is 13.8. The minimum Gasteiger partial charge on any atom is -0.493 e. The quantitative estimate of drug-likeness (QED) is 0.867. The number of hydrogen-bond donors (Lipinski definition) is 0. The summed E-state index contributed by atoms with van der Waals surface area (Å²) in [6, 6.07) is 7.84. The lowest BCUT2D eigenvalue weighted by atomic mass is 10.0. The first-order valence-corrected chi connectivity index (χ1v) is 7.20. The van der Waals surface area contributed by atoms with Gasteiger partial charge in [-0.05, 0) is 37.1 Å².